The van der Waals surface area contributed by atoms with E-state index in [1.165, 1.54) is 0 Å². The number of rotatable bonds is 4. The molecule has 3 heteroatoms. The highest BCUT2D eigenvalue weighted by molar-refractivity contribution is 9.21. The maximum atomic E-state index is 3.43. The number of halogens is 2. The molecule has 0 aliphatic carbocycles. The van der Waals surface area contributed by atoms with Gasteiger partial charge < -0.3 is 0 Å². The Bertz CT molecular complexity index is 81.3. The van der Waals surface area contributed by atoms with Crippen LogP contribution in [0.15, 0.2) is 0 Å². The third kappa shape index (κ3) is 2.21. The van der Waals surface area contributed by atoms with Gasteiger partial charge in [-0.15, -0.1) is 0 Å². The van der Waals surface area contributed by atoms with Crippen LogP contribution in [0.25, 0.3) is 0 Å². The monoisotopic (exact) mass is 271 g/mol. The molecule has 0 aliphatic rings. The molecule has 0 saturated heterocycles. The zero-order valence-corrected chi connectivity index (χ0v) is 10.00. The van der Waals surface area contributed by atoms with Crippen molar-refractivity contribution in [1.82, 2.24) is 2.95 Å². The van der Waals surface area contributed by atoms with Crippen LogP contribution < -0.4 is 0 Å². The Labute approximate surface area is 80.8 Å². The van der Waals surface area contributed by atoms with Crippen molar-refractivity contribution >= 4 is 32.3 Å². The fourth-order valence-electron chi connectivity index (χ4n) is 1.11. The van der Waals surface area contributed by atoms with Crippen LogP contribution in [0.4, 0.5) is 0 Å². The molecule has 0 aromatic carbocycles. The Kier molecular flexibility index (Phi) is 5.16. The van der Waals surface area contributed by atoms with Crippen LogP contribution >= 0.6 is 32.3 Å². The largest absolute Gasteiger partial charge is 0.172 e. The quantitative estimate of drug-likeness (QED) is 0.702. The molecule has 0 atom stereocenters. The molecule has 0 fully saturated rings. The molecule has 0 amide bonds. The van der Waals surface area contributed by atoms with Crippen molar-refractivity contribution in [3.63, 3.8) is 0 Å². The second kappa shape index (κ2) is 4.73. The smallest absolute Gasteiger partial charge is 0.0424 e. The first kappa shape index (κ1) is 10.9. The summed E-state index contributed by atoms with van der Waals surface area (Å²) in [7, 11) is 0. The second-order valence-electron chi connectivity index (χ2n) is 2.52. The molecule has 0 aromatic rings. The van der Waals surface area contributed by atoms with Crippen molar-refractivity contribution in [1.29, 1.82) is 0 Å². The number of hydrogen-bond donors (Lipinski definition) is 0. The molecular formula is C7H15Br2N. The van der Waals surface area contributed by atoms with Crippen molar-refractivity contribution in [3.8, 4) is 0 Å². The molecule has 1 nitrogen and oxygen atoms in total. The zero-order chi connectivity index (χ0) is 8.20. The average Bonchev–Trinajstić information content (AvgIpc) is 1.92. The second-order valence-corrected chi connectivity index (χ2v) is 4.89. The number of nitrogens with zero attached hydrogens (tertiary/aromatic N) is 1. The van der Waals surface area contributed by atoms with Crippen LogP contribution in [0.1, 0.15) is 40.0 Å². The van der Waals surface area contributed by atoms with Gasteiger partial charge in [0.05, 0.1) is 0 Å². The van der Waals surface area contributed by atoms with Crippen molar-refractivity contribution < 1.29 is 0 Å². The number of hydrogen-bond acceptors (Lipinski definition) is 1. The van der Waals surface area contributed by atoms with Gasteiger partial charge in [0.15, 0.2) is 0 Å². The van der Waals surface area contributed by atoms with E-state index in [1.807, 2.05) is 2.95 Å². The minimum Gasteiger partial charge on any atom is -0.172 e. The van der Waals surface area contributed by atoms with E-state index >= 15 is 0 Å². The van der Waals surface area contributed by atoms with E-state index in [4.69, 9.17) is 0 Å². The molecule has 0 bridgehead atoms. The molecule has 0 rings (SSSR count). The highest BCUT2D eigenvalue weighted by atomic mass is 79.9. The Hall–Kier alpha value is 0.920. The minimum absolute atomic E-state index is 0.292. The first-order valence-electron chi connectivity index (χ1n) is 3.74. The molecule has 0 heterocycles. The van der Waals surface area contributed by atoms with Gasteiger partial charge in [0.25, 0.3) is 0 Å². The lowest BCUT2D eigenvalue weighted by Crippen LogP contribution is -2.35. The van der Waals surface area contributed by atoms with Gasteiger partial charge in [-0.3, -0.25) is 0 Å². The molecular weight excluding hydrogens is 258 g/mol. The van der Waals surface area contributed by atoms with Crippen LogP contribution in [0.2, 0.25) is 0 Å². The van der Waals surface area contributed by atoms with Crippen molar-refractivity contribution in [2.45, 2.75) is 45.6 Å². The van der Waals surface area contributed by atoms with E-state index in [2.05, 4.69) is 53.1 Å². The van der Waals surface area contributed by atoms with Gasteiger partial charge >= 0.3 is 0 Å². The van der Waals surface area contributed by atoms with Crippen LogP contribution in [0, 0.1) is 0 Å². The fraction of sp³-hybridized carbons (Fsp3) is 1.00. The van der Waals surface area contributed by atoms with Gasteiger partial charge in [0, 0.05) is 37.8 Å². The van der Waals surface area contributed by atoms with Gasteiger partial charge in [0.2, 0.25) is 0 Å². The lowest BCUT2D eigenvalue weighted by Gasteiger charge is -2.33. The summed E-state index contributed by atoms with van der Waals surface area (Å²) in [6, 6.07) is 0. The predicted molar refractivity (Wildman–Crippen MR) is 53.3 cm³/mol. The van der Waals surface area contributed by atoms with E-state index in [-0.39, 0.29) is 0 Å². The summed E-state index contributed by atoms with van der Waals surface area (Å²) in [5.74, 6) is 0. The SMILES string of the molecule is CCC(CC)(CC)N(Br)Br. The third-order valence-corrected chi connectivity index (χ3v) is 3.84. The van der Waals surface area contributed by atoms with Gasteiger partial charge in [-0.25, -0.2) is 0 Å². The highest BCUT2D eigenvalue weighted by Gasteiger charge is 2.28. The Balaban J connectivity index is 4.15. The maximum Gasteiger partial charge on any atom is 0.0424 e. The molecule has 0 spiro atoms. The van der Waals surface area contributed by atoms with Gasteiger partial charge in [-0.1, -0.05) is 20.8 Å². The lowest BCUT2D eigenvalue weighted by atomic mass is 9.91. The lowest BCUT2D eigenvalue weighted by molar-refractivity contribution is 0.283. The van der Waals surface area contributed by atoms with Gasteiger partial charge in [-0.2, -0.15) is 2.95 Å². The van der Waals surface area contributed by atoms with E-state index in [9.17, 15) is 0 Å². The summed E-state index contributed by atoms with van der Waals surface area (Å²) >= 11 is 6.86. The third-order valence-electron chi connectivity index (χ3n) is 2.33. The topological polar surface area (TPSA) is 3.24 Å². The van der Waals surface area contributed by atoms with E-state index < -0.39 is 0 Å². The summed E-state index contributed by atoms with van der Waals surface area (Å²) in [4.78, 5) is 0. The first-order chi connectivity index (χ1) is 4.63. The average molecular weight is 273 g/mol. The molecule has 0 aliphatic heterocycles. The Morgan fingerprint density at radius 3 is 1.30 bits per heavy atom. The Morgan fingerprint density at radius 1 is 1.00 bits per heavy atom. The summed E-state index contributed by atoms with van der Waals surface area (Å²) in [5.41, 5.74) is 0.292. The molecule has 0 radical (unpaired) electrons. The molecule has 0 aromatic heterocycles. The fourth-order valence-corrected chi connectivity index (χ4v) is 2.61. The highest BCUT2D eigenvalue weighted by Crippen LogP contribution is 2.33. The maximum absolute atomic E-state index is 3.43. The van der Waals surface area contributed by atoms with E-state index in [1.54, 1.807) is 0 Å². The standard InChI is InChI=1S/C7H15Br2N/c1-4-7(5-2,6-3)10(8)9/h4-6H2,1-3H3. The minimum atomic E-state index is 0.292. The molecule has 10 heavy (non-hydrogen) atoms. The summed E-state index contributed by atoms with van der Waals surface area (Å²) in [6.45, 7) is 6.63. The van der Waals surface area contributed by atoms with Crippen LogP contribution in [-0.2, 0) is 0 Å². The molecule has 0 saturated carbocycles. The van der Waals surface area contributed by atoms with Crippen molar-refractivity contribution in [3.05, 3.63) is 0 Å². The first-order valence-corrected chi connectivity index (χ1v) is 5.16. The van der Waals surface area contributed by atoms with Crippen molar-refractivity contribution in [2.24, 2.45) is 0 Å². The Morgan fingerprint density at radius 2 is 1.30 bits per heavy atom. The summed E-state index contributed by atoms with van der Waals surface area (Å²) in [5, 5.41) is 0. The predicted octanol–water partition coefficient (Wildman–Crippen LogP) is 3.88. The molecule has 62 valence electrons. The van der Waals surface area contributed by atoms with Crippen LogP contribution in [-0.4, -0.2) is 8.49 Å². The molecule has 0 unspecified atom stereocenters. The normalized spacial score (nSPS) is 12.6. The van der Waals surface area contributed by atoms with Crippen LogP contribution in [0.3, 0.4) is 0 Å². The molecule has 0 N–H and O–H groups in total. The van der Waals surface area contributed by atoms with Crippen molar-refractivity contribution in [2.75, 3.05) is 0 Å². The summed E-state index contributed by atoms with van der Waals surface area (Å²) in [6.07, 6.45) is 3.49. The van der Waals surface area contributed by atoms with Gasteiger partial charge in [0.1, 0.15) is 0 Å². The van der Waals surface area contributed by atoms with E-state index in [0.717, 1.165) is 19.3 Å². The summed E-state index contributed by atoms with van der Waals surface area (Å²) < 4.78 is 1.98. The van der Waals surface area contributed by atoms with Gasteiger partial charge in [-0.05, 0) is 19.3 Å². The van der Waals surface area contributed by atoms with E-state index in [0.29, 0.717) is 5.54 Å². The van der Waals surface area contributed by atoms with Crippen LogP contribution in [0.5, 0.6) is 0 Å². The zero-order valence-electron chi connectivity index (χ0n) is 6.82.